The van der Waals surface area contributed by atoms with Gasteiger partial charge in [0, 0.05) is 22.2 Å². The number of hydrogen-bond donors (Lipinski definition) is 0. The molecule has 0 aliphatic rings. The molecule has 0 fully saturated rings. The number of methoxy groups -OCH3 is 1. The summed E-state index contributed by atoms with van der Waals surface area (Å²) in [7, 11) is 5.59. The van der Waals surface area contributed by atoms with E-state index in [1.54, 1.807) is 25.3 Å². The molecular weight excluding hydrogens is 417 g/mol. The third-order valence-electron chi connectivity index (χ3n) is 1.94. The van der Waals surface area contributed by atoms with Gasteiger partial charge in [0.05, 0.1) is 7.11 Å². The minimum Gasteiger partial charge on any atom is -0.218 e. The van der Waals surface area contributed by atoms with Crippen molar-refractivity contribution in [3.05, 3.63) is 58.8 Å². The molecule has 2 aromatic rings. The number of aldehydes is 1. The molecule has 120 valence electrons. The molecule has 1 heterocycles. The van der Waals surface area contributed by atoms with Gasteiger partial charge in [-0.3, -0.25) is 4.79 Å². The van der Waals surface area contributed by atoms with Gasteiger partial charge in [0.2, 0.25) is 0 Å². The van der Waals surface area contributed by atoms with Gasteiger partial charge in [-0.1, -0.05) is 22.0 Å². The molecule has 1 aromatic heterocycles. The van der Waals surface area contributed by atoms with Crippen LogP contribution in [-0.4, -0.2) is 13.4 Å². The molecule has 1 aromatic carbocycles. The number of H-pyrrole nitrogens is 1. The van der Waals surface area contributed by atoms with Gasteiger partial charge in [-0.05, 0) is 18.2 Å². The first-order valence-corrected chi connectivity index (χ1v) is 9.74. The molecule has 0 aliphatic heterocycles. The monoisotopic (exact) mass is 429 g/mol. The Labute approximate surface area is 142 Å². The van der Waals surface area contributed by atoms with Crippen molar-refractivity contribution in [3.8, 4) is 5.75 Å². The average Bonchev–Trinajstić information content (AvgIpc) is 2.48. The summed E-state index contributed by atoms with van der Waals surface area (Å²) in [5, 5.41) is 0. The fourth-order valence-electron chi connectivity index (χ4n) is 1.08. The predicted octanol–water partition coefficient (Wildman–Crippen LogP) is 2.03. The number of rotatable bonds is 2. The van der Waals surface area contributed by atoms with Gasteiger partial charge in [0.25, 0.3) is 0 Å². The molecule has 1 N–H and O–H groups in total. The number of hydrogen-bond acceptors (Lipinski definition) is 5. The van der Waals surface area contributed by atoms with E-state index < -0.39 is 12.4 Å². The first-order chi connectivity index (χ1) is 10.3. The van der Waals surface area contributed by atoms with E-state index in [9.17, 15) is 4.79 Å². The van der Waals surface area contributed by atoms with Crippen LogP contribution in [0.5, 0.6) is 5.75 Å². The first-order valence-electron chi connectivity index (χ1n) is 5.63. The number of pyridine rings is 1. The van der Waals surface area contributed by atoms with Crippen molar-refractivity contribution in [3.63, 3.8) is 0 Å². The zero-order valence-electron chi connectivity index (χ0n) is 11.4. The molecule has 0 aliphatic carbocycles. The predicted molar refractivity (Wildman–Crippen MR) is 76.3 cm³/mol. The Morgan fingerprint density at radius 3 is 2.14 bits per heavy atom. The minimum atomic E-state index is -5.03. The molecule has 0 bridgehead atoms. The second-order valence-electron chi connectivity index (χ2n) is 3.48. The molecular formula is C13H13BrClCrNO5. The molecule has 2 rings (SSSR count). The van der Waals surface area contributed by atoms with Crippen LogP contribution in [0.1, 0.15) is 10.4 Å². The fraction of sp³-hybridized carbons (Fsp3) is 0.0769. The Bertz CT molecular complexity index is 633. The van der Waals surface area contributed by atoms with Crippen molar-refractivity contribution < 1.29 is 38.6 Å². The van der Waals surface area contributed by atoms with Crippen molar-refractivity contribution in [1.29, 1.82) is 0 Å². The number of aromatic nitrogens is 1. The maximum absolute atomic E-state index is 10.4. The molecule has 22 heavy (non-hydrogen) atoms. The van der Waals surface area contributed by atoms with Crippen molar-refractivity contribution in [2.24, 2.45) is 0 Å². The Morgan fingerprint density at radius 2 is 1.82 bits per heavy atom. The van der Waals surface area contributed by atoms with Crippen LogP contribution in [0.3, 0.4) is 0 Å². The van der Waals surface area contributed by atoms with Crippen molar-refractivity contribution in [2.75, 3.05) is 7.11 Å². The summed E-state index contributed by atoms with van der Waals surface area (Å²) >= 11 is -1.79. The zero-order valence-corrected chi connectivity index (χ0v) is 15.0. The van der Waals surface area contributed by atoms with Gasteiger partial charge in [-0.2, -0.15) is 0 Å². The van der Waals surface area contributed by atoms with Crippen molar-refractivity contribution in [2.45, 2.75) is 0 Å². The van der Waals surface area contributed by atoms with Gasteiger partial charge in [-0.15, -0.1) is 0 Å². The van der Waals surface area contributed by atoms with Crippen LogP contribution >= 0.6 is 26.0 Å². The van der Waals surface area contributed by atoms with Crippen LogP contribution in [0.4, 0.5) is 0 Å². The summed E-state index contributed by atoms with van der Waals surface area (Å²) in [6.45, 7) is 0. The van der Waals surface area contributed by atoms with E-state index in [0.29, 0.717) is 11.3 Å². The van der Waals surface area contributed by atoms with Gasteiger partial charge < -0.3 is 4.74 Å². The van der Waals surface area contributed by atoms with E-state index in [0.717, 1.165) is 10.8 Å². The Hall–Kier alpha value is -1.30. The van der Waals surface area contributed by atoms with E-state index >= 15 is 0 Å². The van der Waals surface area contributed by atoms with Gasteiger partial charge in [0.1, 0.15) is 5.75 Å². The third-order valence-corrected chi connectivity index (χ3v) is 2.66. The zero-order chi connectivity index (χ0) is 17.0. The number of halogens is 2. The maximum Gasteiger partial charge on any atom is 0.166 e. The Morgan fingerprint density at radius 1 is 1.27 bits per heavy atom. The van der Waals surface area contributed by atoms with Crippen LogP contribution in [0.25, 0.3) is 0 Å². The van der Waals surface area contributed by atoms with E-state index in [1.165, 1.54) is 0 Å². The number of carbonyl (C=O) groups excluding carboxylic acids is 1. The molecule has 0 saturated heterocycles. The smallest absolute Gasteiger partial charge is 0.166 e. The molecule has 0 radical (unpaired) electrons. The molecule has 0 saturated carbocycles. The molecule has 0 unspecified atom stereocenters. The van der Waals surface area contributed by atoms with Crippen LogP contribution < -0.4 is 13.9 Å². The Kier molecular flexibility index (Phi) is 10.6. The summed E-state index contributed by atoms with van der Waals surface area (Å²) in [6.07, 6.45) is 4.53. The molecule has 6 nitrogen and oxygen atoms in total. The van der Waals surface area contributed by atoms with Crippen LogP contribution in [0.15, 0.2) is 53.3 Å². The average molecular weight is 431 g/mol. The minimum absolute atomic E-state index is 0.601. The quantitative estimate of drug-likeness (QED) is 0.679. The third kappa shape index (κ3) is 12.4. The summed E-state index contributed by atoms with van der Waals surface area (Å²) in [4.78, 5) is 13.3. The first kappa shape index (κ1) is 20.7. The number of carbonyl (C=O) groups is 1. The van der Waals surface area contributed by atoms with Gasteiger partial charge in [-0.25, -0.2) is 4.98 Å². The van der Waals surface area contributed by atoms with E-state index in [-0.39, 0.29) is 0 Å². The van der Waals surface area contributed by atoms with Crippen LogP contribution in [0, 0.1) is 0 Å². The molecule has 0 atom stereocenters. The molecule has 9 heteroatoms. The van der Waals surface area contributed by atoms with Gasteiger partial charge >= 0.3 is 34.2 Å². The SMILES string of the molecule is COc1ccc(Br)c(C=O)c1.[O]=[Cr](=[O])([O-])[Cl].c1cc[nH+]cc1. The Balaban J connectivity index is 0.000000338. The van der Waals surface area contributed by atoms with Gasteiger partial charge in [0.15, 0.2) is 18.7 Å². The maximum atomic E-state index is 10.4. The number of nitrogens with one attached hydrogen (secondary N) is 1. The molecule has 0 spiro atoms. The van der Waals surface area contributed by atoms with Crippen LogP contribution in [0.2, 0.25) is 0 Å². The normalized spacial score (nSPS) is 9.45. The summed E-state index contributed by atoms with van der Waals surface area (Å²) < 4.78 is 32.5. The van der Waals surface area contributed by atoms with E-state index in [2.05, 4.69) is 31.0 Å². The van der Waals surface area contributed by atoms with Crippen LogP contribution in [-0.2, 0) is 20.0 Å². The standard InChI is InChI=1S/C8H7BrO2.C5H5N.ClH.Cr.3O/c1-11-7-2-3-8(9)6(4-7)5-10;1-2-4-6-5-3-1;;;;;/h2-5H,1H3;1-5H;1H;;;;/q;;;+1;;;-1. The van der Waals surface area contributed by atoms with E-state index in [4.69, 9.17) is 16.5 Å². The van der Waals surface area contributed by atoms with E-state index in [1.807, 2.05) is 30.6 Å². The number of benzene rings is 1. The second kappa shape index (κ2) is 11.3. The topological polar surface area (TPSA) is 97.6 Å². The van der Waals surface area contributed by atoms with Crippen molar-refractivity contribution in [1.82, 2.24) is 0 Å². The summed E-state index contributed by atoms with van der Waals surface area (Å²) in [5.74, 6) is 0.690. The summed E-state index contributed by atoms with van der Waals surface area (Å²) in [5.41, 5.74) is 0.601. The van der Waals surface area contributed by atoms with Crippen molar-refractivity contribution >= 4 is 32.3 Å². The second-order valence-corrected chi connectivity index (χ2v) is 7.12. The fourth-order valence-corrected chi connectivity index (χ4v) is 1.42. The number of ether oxygens (including phenoxy) is 1. The number of aromatic amines is 1. The summed E-state index contributed by atoms with van der Waals surface area (Å²) in [6, 6.07) is 11.1. The largest absolute Gasteiger partial charge is 0.218 e. The molecule has 0 amide bonds.